The fourth-order valence-electron chi connectivity index (χ4n) is 1.74. The molecule has 116 valence electrons. The molecular formula is C14H18BrFN2O3. The van der Waals surface area contributed by atoms with Gasteiger partial charge >= 0.3 is 12.0 Å². The zero-order valence-corrected chi connectivity index (χ0v) is 13.7. The lowest BCUT2D eigenvalue weighted by atomic mass is 10.1. The van der Waals surface area contributed by atoms with E-state index < -0.39 is 23.4 Å². The second kappa shape index (κ2) is 6.89. The van der Waals surface area contributed by atoms with Crippen LogP contribution in [0.2, 0.25) is 0 Å². The Morgan fingerprint density at radius 3 is 2.48 bits per heavy atom. The maximum atomic E-state index is 13.7. The first-order valence-electron chi connectivity index (χ1n) is 6.37. The Kier molecular flexibility index (Phi) is 5.71. The quantitative estimate of drug-likeness (QED) is 0.859. The van der Waals surface area contributed by atoms with Crippen molar-refractivity contribution in [2.75, 3.05) is 11.9 Å². The maximum absolute atomic E-state index is 13.7. The zero-order valence-electron chi connectivity index (χ0n) is 12.1. The largest absolute Gasteiger partial charge is 0.481 e. The van der Waals surface area contributed by atoms with E-state index in [0.29, 0.717) is 4.47 Å². The van der Waals surface area contributed by atoms with Crippen molar-refractivity contribution in [2.45, 2.75) is 32.7 Å². The number of benzene rings is 1. The SMILES string of the molecule is CC(C)(C)N(CCC(=O)O)C(=O)Nc1c(F)cccc1Br. The highest BCUT2D eigenvalue weighted by atomic mass is 79.9. The summed E-state index contributed by atoms with van der Waals surface area (Å²) >= 11 is 3.17. The van der Waals surface area contributed by atoms with Crippen LogP contribution < -0.4 is 5.32 Å². The van der Waals surface area contributed by atoms with Gasteiger partial charge in [0.05, 0.1) is 12.1 Å². The van der Waals surface area contributed by atoms with Gasteiger partial charge < -0.3 is 15.3 Å². The number of para-hydroxylation sites is 1. The van der Waals surface area contributed by atoms with Crippen LogP contribution in [0.3, 0.4) is 0 Å². The van der Waals surface area contributed by atoms with Gasteiger partial charge in [0.15, 0.2) is 0 Å². The summed E-state index contributed by atoms with van der Waals surface area (Å²) in [5.41, 5.74) is -0.552. The van der Waals surface area contributed by atoms with E-state index in [1.807, 2.05) is 0 Å². The van der Waals surface area contributed by atoms with E-state index in [4.69, 9.17) is 5.11 Å². The van der Waals surface area contributed by atoms with E-state index in [9.17, 15) is 14.0 Å². The van der Waals surface area contributed by atoms with Gasteiger partial charge in [0.1, 0.15) is 5.82 Å². The molecule has 0 aliphatic heterocycles. The number of hydrogen-bond donors (Lipinski definition) is 2. The predicted molar refractivity (Wildman–Crippen MR) is 81.8 cm³/mol. The van der Waals surface area contributed by atoms with Crippen LogP contribution in [-0.2, 0) is 4.79 Å². The molecule has 2 N–H and O–H groups in total. The number of nitrogens with one attached hydrogen (secondary N) is 1. The third-order valence-electron chi connectivity index (χ3n) is 2.80. The molecule has 0 saturated carbocycles. The number of aliphatic carboxylic acids is 1. The van der Waals surface area contributed by atoms with Crippen molar-refractivity contribution in [3.05, 3.63) is 28.5 Å². The molecule has 0 radical (unpaired) electrons. The van der Waals surface area contributed by atoms with Crippen molar-refractivity contribution in [1.82, 2.24) is 4.90 Å². The summed E-state index contributed by atoms with van der Waals surface area (Å²) in [7, 11) is 0. The smallest absolute Gasteiger partial charge is 0.322 e. The van der Waals surface area contributed by atoms with Crippen molar-refractivity contribution < 1.29 is 19.1 Å². The Labute approximate surface area is 131 Å². The summed E-state index contributed by atoms with van der Waals surface area (Å²) in [6, 6.07) is 3.81. The van der Waals surface area contributed by atoms with Gasteiger partial charge in [-0.2, -0.15) is 0 Å². The maximum Gasteiger partial charge on any atom is 0.322 e. The molecule has 0 saturated heterocycles. The highest BCUT2D eigenvalue weighted by Gasteiger charge is 2.27. The van der Waals surface area contributed by atoms with Crippen molar-refractivity contribution in [3.8, 4) is 0 Å². The van der Waals surface area contributed by atoms with Crippen molar-refractivity contribution in [1.29, 1.82) is 0 Å². The minimum atomic E-state index is -0.996. The van der Waals surface area contributed by atoms with E-state index in [1.54, 1.807) is 26.8 Å². The summed E-state index contributed by atoms with van der Waals surface area (Å²) in [6.07, 6.45) is -0.177. The number of carbonyl (C=O) groups excluding carboxylic acids is 1. The number of halogens is 2. The number of carboxylic acid groups (broad SMARTS) is 1. The monoisotopic (exact) mass is 360 g/mol. The Balaban J connectivity index is 2.93. The van der Waals surface area contributed by atoms with Gasteiger partial charge in [-0.15, -0.1) is 0 Å². The number of nitrogens with zero attached hydrogens (tertiary/aromatic N) is 1. The van der Waals surface area contributed by atoms with Crippen LogP contribution in [0.25, 0.3) is 0 Å². The Morgan fingerprint density at radius 2 is 2.00 bits per heavy atom. The van der Waals surface area contributed by atoms with Crippen LogP contribution in [-0.4, -0.2) is 34.1 Å². The van der Waals surface area contributed by atoms with E-state index in [2.05, 4.69) is 21.2 Å². The van der Waals surface area contributed by atoms with Gasteiger partial charge in [0, 0.05) is 16.6 Å². The first kappa shape index (κ1) is 17.4. The molecule has 0 aliphatic carbocycles. The lowest BCUT2D eigenvalue weighted by Crippen LogP contribution is -2.48. The van der Waals surface area contributed by atoms with Gasteiger partial charge in [-0.25, -0.2) is 9.18 Å². The third-order valence-corrected chi connectivity index (χ3v) is 3.46. The molecule has 0 fully saturated rings. The van der Waals surface area contributed by atoms with Crippen LogP contribution in [0.5, 0.6) is 0 Å². The van der Waals surface area contributed by atoms with Gasteiger partial charge in [-0.1, -0.05) is 6.07 Å². The summed E-state index contributed by atoms with van der Waals surface area (Å²) in [6.45, 7) is 5.39. The van der Waals surface area contributed by atoms with E-state index >= 15 is 0 Å². The molecule has 0 heterocycles. The molecule has 5 nitrogen and oxygen atoms in total. The fraction of sp³-hybridized carbons (Fsp3) is 0.429. The van der Waals surface area contributed by atoms with Crippen LogP contribution in [0.1, 0.15) is 27.2 Å². The first-order valence-corrected chi connectivity index (χ1v) is 7.16. The highest BCUT2D eigenvalue weighted by molar-refractivity contribution is 9.10. The normalized spacial score (nSPS) is 11.1. The van der Waals surface area contributed by atoms with Crippen molar-refractivity contribution >= 4 is 33.6 Å². The molecule has 1 aromatic carbocycles. The van der Waals surface area contributed by atoms with Crippen LogP contribution in [0, 0.1) is 5.82 Å². The summed E-state index contributed by atoms with van der Waals surface area (Å²) < 4.78 is 14.1. The van der Waals surface area contributed by atoms with Crippen LogP contribution >= 0.6 is 15.9 Å². The Morgan fingerprint density at radius 1 is 1.38 bits per heavy atom. The Hall–Kier alpha value is -1.63. The molecule has 2 amide bonds. The molecule has 0 unspecified atom stereocenters. The molecule has 0 spiro atoms. The fourth-order valence-corrected chi connectivity index (χ4v) is 2.18. The lowest BCUT2D eigenvalue weighted by Gasteiger charge is -2.35. The average molecular weight is 361 g/mol. The van der Waals surface area contributed by atoms with Crippen LogP contribution in [0.4, 0.5) is 14.9 Å². The number of carbonyl (C=O) groups is 2. The van der Waals surface area contributed by atoms with Gasteiger partial charge in [-0.05, 0) is 48.8 Å². The van der Waals surface area contributed by atoms with Gasteiger partial charge in [-0.3, -0.25) is 4.79 Å². The number of urea groups is 1. The van der Waals surface area contributed by atoms with Gasteiger partial charge in [0.2, 0.25) is 0 Å². The molecular weight excluding hydrogens is 343 g/mol. The second-order valence-electron chi connectivity index (χ2n) is 5.49. The number of carboxylic acids is 1. The average Bonchev–Trinajstić information content (AvgIpc) is 2.32. The third kappa shape index (κ3) is 5.00. The molecule has 0 atom stereocenters. The van der Waals surface area contributed by atoms with Gasteiger partial charge in [0.25, 0.3) is 0 Å². The minimum Gasteiger partial charge on any atom is -0.481 e. The summed E-state index contributed by atoms with van der Waals surface area (Å²) in [5, 5.41) is 11.2. The highest BCUT2D eigenvalue weighted by Crippen LogP contribution is 2.26. The standard InChI is InChI=1S/C14H18BrFN2O3/c1-14(2,3)18(8-7-11(19)20)13(21)17-12-9(15)5-4-6-10(12)16/h4-6H,7-8H2,1-3H3,(H,17,21)(H,19,20). The molecule has 0 bridgehead atoms. The predicted octanol–water partition coefficient (Wildman–Crippen LogP) is 3.70. The molecule has 1 rings (SSSR count). The first-order chi connectivity index (χ1) is 9.62. The molecule has 7 heteroatoms. The lowest BCUT2D eigenvalue weighted by molar-refractivity contribution is -0.137. The van der Waals surface area contributed by atoms with Crippen molar-refractivity contribution in [2.24, 2.45) is 0 Å². The van der Waals surface area contributed by atoms with E-state index in [-0.39, 0.29) is 18.7 Å². The number of amides is 2. The number of hydrogen-bond acceptors (Lipinski definition) is 2. The number of rotatable bonds is 4. The summed E-state index contributed by atoms with van der Waals surface area (Å²) in [4.78, 5) is 24.4. The Bertz CT molecular complexity index is 523. The molecule has 0 aliphatic rings. The number of anilines is 1. The van der Waals surface area contributed by atoms with Crippen LogP contribution in [0.15, 0.2) is 22.7 Å². The second-order valence-corrected chi connectivity index (χ2v) is 6.35. The molecule has 0 aromatic heterocycles. The zero-order chi connectivity index (χ0) is 16.2. The molecule has 21 heavy (non-hydrogen) atoms. The van der Waals surface area contributed by atoms with E-state index in [1.165, 1.54) is 17.0 Å². The van der Waals surface area contributed by atoms with E-state index in [0.717, 1.165) is 0 Å². The topological polar surface area (TPSA) is 69.6 Å². The van der Waals surface area contributed by atoms with Crippen molar-refractivity contribution in [3.63, 3.8) is 0 Å². The summed E-state index contributed by atoms with van der Waals surface area (Å²) in [5.74, 6) is -1.56. The minimum absolute atomic E-state index is 0.0343. The molecule has 1 aromatic rings.